The van der Waals surface area contributed by atoms with Gasteiger partial charge in [-0.15, -0.1) is 0 Å². The van der Waals surface area contributed by atoms with Crippen molar-refractivity contribution in [2.75, 3.05) is 0 Å². The summed E-state index contributed by atoms with van der Waals surface area (Å²) in [5.41, 5.74) is 14.1. The molecule has 2 nitrogen and oxygen atoms in total. The molecule has 0 unspecified atom stereocenters. The molecule has 2 aromatic heterocycles. The average molecular weight is 661 g/mol. The zero-order valence-electron chi connectivity index (χ0n) is 28.4. The summed E-state index contributed by atoms with van der Waals surface area (Å²) in [6, 6.07) is 69.0. The van der Waals surface area contributed by atoms with Crippen molar-refractivity contribution in [1.82, 2.24) is 9.55 Å². The largest absolute Gasteiger partial charge is 0.309 e. The predicted octanol–water partition coefficient (Wildman–Crippen LogP) is 12.5. The van der Waals surface area contributed by atoms with Crippen LogP contribution in [0, 0.1) is 0 Å². The van der Waals surface area contributed by atoms with E-state index in [0.717, 1.165) is 11.2 Å². The summed E-state index contributed by atoms with van der Waals surface area (Å²) in [5.74, 6) is 0. The SMILES string of the molecule is c1ccc(-c2ccc3c(c2)c2ccccc2n3-c2ccc3c(c2)C(c2ccccc2)(c2ccccc2)c2c-3c3ccccc3c3ncccc23)cc1. The van der Waals surface area contributed by atoms with Crippen molar-refractivity contribution >= 4 is 43.5 Å². The molecule has 0 spiro atoms. The Morgan fingerprint density at radius 1 is 0.423 bits per heavy atom. The van der Waals surface area contributed by atoms with E-state index in [1.807, 2.05) is 6.20 Å². The Hall–Kier alpha value is -6.77. The summed E-state index contributed by atoms with van der Waals surface area (Å²) < 4.78 is 2.46. The van der Waals surface area contributed by atoms with Crippen LogP contribution in [-0.4, -0.2) is 9.55 Å². The van der Waals surface area contributed by atoms with E-state index < -0.39 is 5.41 Å². The quantitative estimate of drug-likeness (QED) is 0.172. The van der Waals surface area contributed by atoms with Crippen molar-refractivity contribution in [2.45, 2.75) is 5.41 Å². The van der Waals surface area contributed by atoms with Gasteiger partial charge in [0.1, 0.15) is 0 Å². The van der Waals surface area contributed by atoms with Crippen molar-refractivity contribution in [3.8, 4) is 27.9 Å². The number of pyridine rings is 1. The van der Waals surface area contributed by atoms with Crippen molar-refractivity contribution in [3.63, 3.8) is 0 Å². The predicted molar refractivity (Wildman–Crippen MR) is 216 cm³/mol. The summed E-state index contributed by atoms with van der Waals surface area (Å²) >= 11 is 0. The van der Waals surface area contributed by atoms with Crippen LogP contribution in [-0.2, 0) is 5.41 Å². The fourth-order valence-corrected chi connectivity index (χ4v) is 9.21. The van der Waals surface area contributed by atoms with Crippen LogP contribution in [0.4, 0.5) is 0 Å². The summed E-state index contributed by atoms with van der Waals surface area (Å²) in [7, 11) is 0. The second kappa shape index (κ2) is 11.1. The number of benzene rings is 8. The maximum absolute atomic E-state index is 5.05. The molecule has 242 valence electrons. The Bertz CT molecular complexity index is 2960. The summed E-state index contributed by atoms with van der Waals surface area (Å²) in [4.78, 5) is 5.05. The van der Waals surface area contributed by atoms with Crippen LogP contribution in [0.15, 0.2) is 194 Å². The normalized spacial score (nSPS) is 13.2. The Morgan fingerprint density at radius 2 is 1.04 bits per heavy atom. The maximum atomic E-state index is 5.05. The number of hydrogen-bond acceptors (Lipinski definition) is 1. The third-order valence-corrected chi connectivity index (χ3v) is 11.3. The lowest BCUT2D eigenvalue weighted by Gasteiger charge is -2.35. The highest BCUT2D eigenvalue weighted by Crippen LogP contribution is 2.60. The number of para-hydroxylation sites is 1. The van der Waals surface area contributed by atoms with Gasteiger partial charge in [0.15, 0.2) is 0 Å². The maximum Gasteiger partial charge on any atom is 0.0784 e. The van der Waals surface area contributed by atoms with Crippen LogP contribution in [0.2, 0.25) is 0 Å². The zero-order chi connectivity index (χ0) is 34.2. The van der Waals surface area contributed by atoms with Crippen LogP contribution in [0.3, 0.4) is 0 Å². The second-order valence-corrected chi connectivity index (χ2v) is 13.9. The summed E-state index contributed by atoms with van der Waals surface area (Å²) in [6.07, 6.45) is 1.93. The average Bonchev–Trinajstić information content (AvgIpc) is 3.73. The molecule has 0 bridgehead atoms. The van der Waals surface area contributed by atoms with Crippen LogP contribution in [0.5, 0.6) is 0 Å². The first-order chi connectivity index (χ1) is 25.8. The van der Waals surface area contributed by atoms with E-state index >= 15 is 0 Å². The molecule has 0 atom stereocenters. The molecule has 1 aliphatic rings. The van der Waals surface area contributed by atoms with E-state index in [0.29, 0.717) is 0 Å². The molecule has 1 aliphatic carbocycles. The molecule has 2 heterocycles. The Morgan fingerprint density at radius 3 is 1.79 bits per heavy atom. The van der Waals surface area contributed by atoms with Gasteiger partial charge in [0.05, 0.1) is 22.0 Å². The molecule has 0 saturated heterocycles. The standard InChI is InChI=1S/C50H32N2/c1-4-15-33(16-5-1)34-26-29-46-43(31-34)38-21-12-13-25-45(38)52(46)37-27-28-41-44(32-37)50(35-17-6-2-7-18-35,36-19-8-3-9-20-36)48-42-24-14-30-51-49(42)40-23-11-10-22-39(40)47(41)48/h1-32H. The third kappa shape index (κ3) is 3.92. The van der Waals surface area contributed by atoms with Gasteiger partial charge in [0.25, 0.3) is 0 Å². The lowest BCUT2D eigenvalue weighted by molar-refractivity contribution is 0.774. The molecule has 0 radical (unpaired) electrons. The summed E-state index contributed by atoms with van der Waals surface area (Å²) in [5, 5.41) is 6.10. The highest BCUT2D eigenvalue weighted by molar-refractivity contribution is 6.18. The van der Waals surface area contributed by atoms with Crippen LogP contribution >= 0.6 is 0 Å². The minimum atomic E-state index is -0.590. The first kappa shape index (κ1) is 29.0. The minimum absolute atomic E-state index is 0.590. The molecule has 52 heavy (non-hydrogen) atoms. The smallest absolute Gasteiger partial charge is 0.0784 e. The number of fused-ring (bicyclic) bond motifs is 11. The minimum Gasteiger partial charge on any atom is -0.309 e. The van der Waals surface area contributed by atoms with Gasteiger partial charge in [-0.3, -0.25) is 4.98 Å². The van der Waals surface area contributed by atoms with Crippen molar-refractivity contribution in [3.05, 3.63) is 217 Å². The Kier molecular flexibility index (Phi) is 6.20. The monoisotopic (exact) mass is 660 g/mol. The van der Waals surface area contributed by atoms with E-state index in [4.69, 9.17) is 4.98 Å². The van der Waals surface area contributed by atoms with Gasteiger partial charge in [-0.05, 0) is 86.3 Å². The Labute approximate surface area is 301 Å². The second-order valence-electron chi connectivity index (χ2n) is 13.9. The number of nitrogens with zero attached hydrogens (tertiary/aromatic N) is 2. The topological polar surface area (TPSA) is 17.8 Å². The number of rotatable bonds is 4. The van der Waals surface area contributed by atoms with Crippen LogP contribution in [0.1, 0.15) is 22.3 Å². The molecule has 0 aliphatic heterocycles. The van der Waals surface area contributed by atoms with Crippen LogP contribution < -0.4 is 0 Å². The van der Waals surface area contributed by atoms with Gasteiger partial charge in [-0.25, -0.2) is 0 Å². The van der Waals surface area contributed by atoms with Gasteiger partial charge in [-0.2, -0.15) is 0 Å². The van der Waals surface area contributed by atoms with E-state index in [2.05, 4.69) is 193 Å². The van der Waals surface area contributed by atoms with E-state index in [-0.39, 0.29) is 0 Å². The molecule has 0 N–H and O–H groups in total. The third-order valence-electron chi connectivity index (χ3n) is 11.3. The molecule has 0 saturated carbocycles. The van der Waals surface area contributed by atoms with E-state index in [1.165, 1.54) is 82.5 Å². The lowest BCUT2D eigenvalue weighted by Crippen LogP contribution is -2.29. The zero-order valence-corrected chi connectivity index (χ0v) is 28.4. The molecule has 11 rings (SSSR count). The van der Waals surface area contributed by atoms with Gasteiger partial charge in [0.2, 0.25) is 0 Å². The highest BCUT2D eigenvalue weighted by Gasteiger charge is 2.48. The number of aromatic nitrogens is 2. The van der Waals surface area contributed by atoms with E-state index in [9.17, 15) is 0 Å². The molecule has 8 aromatic carbocycles. The first-order valence-electron chi connectivity index (χ1n) is 18.0. The van der Waals surface area contributed by atoms with Crippen molar-refractivity contribution in [2.24, 2.45) is 0 Å². The molecular formula is C50H32N2. The van der Waals surface area contributed by atoms with Gasteiger partial charge >= 0.3 is 0 Å². The Balaban J connectivity index is 1.28. The number of hydrogen-bond donors (Lipinski definition) is 0. The van der Waals surface area contributed by atoms with Crippen molar-refractivity contribution < 1.29 is 0 Å². The molecule has 2 heteroatoms. The molecular weight excluding hydrogens is 629 g/mol. The molecule has 10 aromatic rings. The highest BCUT2D eigenvalue weighted by atomic mass is 15.0. The van der Waals surface area contributed by atoms with Gasteiger partial charge < -0.3 is 4.57 Å². The fraction of sp³-hybridized carbons (Fsp3) is 0.0200. The first-order valence-corrected chi connectivity index (χ1v) is 18.0. The van der Waals surface area contributed by atoms with Gasteiger partial charge in [0, 0.05) is 33.4 Å². The summed E-state index contributed by atoms with van der Waals surface area (Å²) in [6.45, 7) is 0. The molecule has 0 fully saturated rings. The lowest BCUT2D eigenvalue weighted by atomic mass is 9.66. The molecule has 0 amide bonds. The fourth-order valence-electron chi connectivity index (χ4n) is 9.21. The van der Waals surface area contributed by atoms with E-state index in [1.54, 1.807) is 0 Å². The van der Waals surface area contributed by atoms with Crippen LogP contribution in [0.25, 0.3) is 71.4 Å². The van der Waals surface area contributed by atoms with Gasteiger partial charge in [-0.1, -0.05) is 152 Å². The van der Waals surface area contributed by atoms with Crippen molar-refractivity contribution in [1.29, 1.82) is 0 Å².